The van der Waals surface area contributed by atoms with Gasteiger partial charge in [-0.15, -0.1) is 0 Å². The molecule has 5 aromatic heterocycles. The molecule has 0 atom stereocenters. The summed E-state index contributed by atoms with van der Waals surface area (Å²) in [4.78, 5) is 10.3. The van der Waals surface area contributed by atoms with Crippen molar-refractivity contribution >= 4 is 60.7 Å². The lowest BCUT2D eigenvalue weighted by Gasteiger charge is -2.19. The van der Waals surface area contributed by atoms with Crippen LogP contribution in [0, 0.1) is 13.3 Å². The maximum Gasteiger partial charge on any atom is 0.269 e. The molecule has 67 heavy (non-hydrogen) atoms. The number of imidazole rings is 3. The smallest absolute Gasteiger partial charge is 0.269 e. The van der Waals surface area contributed by atoms with Crippen molar-refractivity contribution in [3.63, 3.8) is 0 Å². The first-order valence-electron chi connectivity index (χ1n) is 27.1. The summed E-state index contributed by atoms with van der Waals surface area (Å²) >= 11 is 0. The molecule has 8 aromatic carbocycles. The third-order valence-electron chi connectivity index (χ3n) is 12.9. The predicted molar refractivity (Wildman–Crippen MR) is 273 cm³/mol. The van der Waals surface area contributed by atoms with Crippen LogP contribution in [0.1, 0.15) is 45.6 Å². The van der Waals surface area contributed by atoms with Crippen LogP contribution < -0.4 is 4.57 Å². The normalized spacial score (nSPS) is 14.3. The van der Waals surface area contributed by atoms with E-state index >= 15 is 0 Å². The highest BCUT2D eigenvalue weighted by molar-refractivity contribution is 6.14. The van der Waals surface area contributed by atoms with Gasteiger partial charge in [0, 0.05) is 22.7 Å². The molecule has 7 nitrogen and oxygen atoms in total. The van der Waals surface area contributed by atoms with Crippen molar-refractivity contribution in [3.05, 3.63) is 218 Å². The topological polar surface area (TPSA) is 48.9 Å². The molecule has 0 aliphatic carbocycles. The number of hydrogen-bond acceptors (Lipinski definition) is 2. The molecule has 0 aliphatic heterocycles. The number of nitrogens with zero attached hydrogens (tertiary/aromatic N) is 7. The van der Waals surface area contributed by atoms with E-state index in [4.69, 9.17) is 23.7 Å². The zero-order valence-corrected chi connectivity index (χ0v) is 36.9. The van der Waals surface area contributed by atoms with E-state index in [9.17, 15) is 0 Å². The Morgan fingerprint density at radius 3 is 2.00 bits per heavy atom. The largest absolute Gasteiger partial charge is 0.310 e. The lowest BCUT2D eigenvalue weighted by Crippen LogP contribution is -2.31. The van der Waals surface area contributed by atoms with Crippen LogP contribution in [0.5, 0.6) is 0 Å². The number of benzene rings is 8. The van der Waals surface area contributed by atoms with Gasteiger partial charge in [-0.3, -0.25) is 18.1 Å². The summed E-state index contributed by atoms with van der Waals surface area (Å²) in [6.07, 6.45) is 5.41. The molecular weight excluding hydrogens is 819 g/mol. The second-order valence-electron chi connectivity index (χ2n) is 17.9. The zero-order valence-electron chi connectivity index (χ0n) is 46.9. The van der Waals surface area contributed by atoms with E-state index in [0.29, 0.717) is 16.7 Å². The lowest BCUT2D eigenvalue weighted by molar-refractivity contribution is -0.571. The number of rotatable bonds is 6. The van der Waals surface area contributed by atoms with Crippen molar-refractivity contribution < 1.29 is 18.3 Å². The molecule has 0 N–H and O–H groups in total. The van der Waals surface area contributed by atoms with Crippen LogP contribution in [0.25, 0.3) is 106 Å². The first kappa shape index (κ1) is 29.8. The van der Waals surface area contributed by atoms with Crippen molar-refractivity contribution in [3.8, 4) is 45.1 Å². The van der Waals surface area contributed by atoms with Crippen LogP contribution in [-0.2, 0) is 5.41 Å². The van der Waals surface area contributed by atoms with E-state index in [1.807, 2.05) is 59.3 Å². The monoisotopic (exact) mass is 873 g/mol. The van der Waals surface area contributed by atoms with Gasteiger partial charge in [0.1, 0.15) is 5.82 Å². The molecule has 0 unspecified atom stereocenters. The molecule has 0 aliphatic rings. The van der Waals surface area contributed by atoms with Gasteiger partial charge in [-0.2, -0.15) is 0 Å². The summed E-state index contributed by atoms with van der Waals surface area (Å²) in [7, 11) is 0. The molecule has 0 saturated carbocycles. The third kappa shape index (κ3) is 6.01. The number of aromatic nitrogens is 7. The van der Waals surface area contributed by atoms with Crippen molar-refractivity contribution in [1.82, 2.24) is 28.1 Å². The van der Waals surface area contributed by atoms with Crippen LogP contribution >= 0.6 is 0 Å². The quantitative estimate of drug-likeness (QED) is 0.123. The van der Waals surface area contributed by atoms with E-state index in [1.54, 1.807) is 22.8 Å². The minimum Gasteiger partial charge on any atom is -0.310 e. The third-order valence-corrected chi connectivity index (χ3v) is 12.9. The maximum absolute atomic E-state index is 9.12. The van der Waals surface area contributed by atoms with Gasteiger partial charge in [0.25, 0.3) is 6.33 Å². The maximum atomic E-state index is 9.12. The second kappa shape index (κ2) is 14.7. The van der Waals surface area contributed by atoms with Crippen LogP contribution in [0.4, 0.5) is 0 Å². The molecule has 0 saturated heterocycles. The predicted octanol–water partition coefficient (Wildman–Crippen LogP) is 13.9. The van der Waals surface area contributed by atoms with Crippen LogP contribution in [0.3, 0.4) is 0 Å². The Kier molecular flexibility index (Phi) is 6.56. The van der Waals surface area contributed by atoms with E-state index < -0.39 is 60.4 Å². The van der Waals surface area contributed by atoms with Gasteiger partial charge in [0.15, 0.2) is 0 Å². The number of fused-ring (bicyclic) bond motifs is 9. The molecule has 0 bridgehead atoms. The fourth-order valence-electron chi connectivity index (χ4n) is 9.73. The summed E-state index contributed by atoms with van der Waals surface area (Å²) in [6, 6.07) is 38.5. The Morgan fingerprint density at radius 1 is 0.567 bits per heavy atom. The van der Waals surface area contributed by atoms with Gasteiger partial charge in [-0.05, 0) is 100 Å². The molecule has 13 aromatic rings. The van der Waals surface area contributed by atoms with E-state index in [-0.39, 0.29) is 33.4 Å². The summed E-state index contributed by atoms with van der Waals surface area (Å²) in [5.41, 5.74) is 10.9. The fourth-order valence-corrected chi connectivity index (χ4v) is 9.73. The average molecular weight is 874 g/mol. The fraction of sp³-hybridized carbons (Fsp3) is 0.0833. The van der Waals surface area contributed by atoms with Crippen molar-refractivity contribution in [1.29, 1.82) is 0 Å². The molecule has 320 valence electrons. The standard InChI is InChI=1S/C60H45N7/c1-39-18-15-31-52-57(39)62-59-66(52)54-36-48-47-25-11-12-28-49(47)65(53(48)37-55(54)67(59)56-34-42(32-33-61-56)60(2,3)4)44-24-16-23-43(35-44)63-38-64(51-30-14-13-29-50(51)63)58-45(40-19-7-5-8-20-40)26-17-27-46(58)41-21-9-6-10-22-41/h5-37H,1-4H3/i5D,6D,7D,8D,9D,10D,19D,20D,21D,22D. The Balaban J connectivity index is 1.07. The van der Waals surface area contributed by atoms with Crippen LogP contribution in [0.15, 0.2) is 200 Å². The number of pyridine rings is 1. The summed E-state index contributed by atoms with van der Waals surface area (Å²) < 4.78 is 98.1. The minimum absolute atomic E-state index is 0.124. The average Bonchev–Trinajstić information content (AvgIpc) is 4.40. The molecule has 13 rings (SSSR count). The lowest BCUT2D eigenvalue weighted by atomic mass is 9.88. The second-order valence-corrected chi connectivity index (χ2v) is 17.9. The molecular formula is C60H45N7. The Labute approximate surface area is 401 Å². The summed E-state index contributed by atoms with van der Waals surface area (Å²) in [5.74, 6) is 1.50. The van der Waals surface area contributed by atoms with Gasteiger partial charge < -0.3 is 4.57 Å². The van der Waals surface area contributed by atoms with E-state index in [1.165, 1.54) is 0 Å². The highest BCUT2D eigenvalue weighted by Crippen LogP contribution is 2.40. The van der Waals surface area contributed by atoms with Crippen LogP contribution in [-0.4, -0.2) is 28.1 Å². The van der Waals surface area contributed by atoms with Gasteiger partial charge in [-0.25, -0.2) is 9.97 Å². The van der Waals surface area contributed by atoms with E-state index in [2.05, 4.69) is 114 Å². The van der Waals surface area contributed by atoms with Crippen molar-refractivity contribution in [2.45, 2.75) is 33.1 Å². The van der Waals surface area contributed by atoms with Gasteiger partial charge in [-0.1, -0.05) is 160 Å². The van der Waals surface area contributed by atoms with Crippen molar-refractivity contribution in [2.24, 2.45) is 0 Å². The van der Waals surface area contributed by atoms with E-state index in [0.717, 1.165) is 72.3 Å². The highest BCUT2D eigenvalue weighted by Gasteiger charge is 2.25. The first-order chi connectivity index (χ1) is 36.9. The summed E-state index contributed by atoms with van der Waals surface area (Å²) in [6.45, 7) is 8.66. The number of para-hydroxylation sites is 5. The van der Waals surface area contributed by atoms with Gasteiger partial charge in [0.2, 0.25) is 5.78 Å². The molecule has 0 spiro atoms. The Hall–Kier alpha value is -8.55. The Morgan fingerprint density at radius 2 is 1.24 bits per heavy atom. The zero-order chi connectivity index (χ0) is 53.7. The molecule has 5 heterocycles. The molecule has 0 radical (unpaired) electrons. The molecule has 0 fully saturated rings. The Bertz CT molecular complexity index is 4570. The number of hydrogen-bond donors (Lipinski definition) is 0. The van der Waals surface area contributed by atoms with Gasteiger partial charge >= 0.3 is 0 Å². The van der Waals surface area contributed by atoms with Gasteiger partial charge in [0.05, 0.1) is 69.2 Å². The minimum atomic E-state index is -0.564. The van der Waals surface area contributed by atoms with Crippen molar-refractivity contribution in [2.75, 3.05) is 0 Å². The highest BCUT2D eigenvalue weighted by atomic mass is 15.2. The summed E-state index contributed by atoms with van der Waals surface area (Å²) in [5, 5.41) is 2.08. The first-order valence-corrected chi connectivity index (χ1v) is 22.1. The number of aryl methyl sites for hydroxylation is 1. The molecule has 0 amide bonds. The molecule has 7 heteroatoms. The SMILES string of the molecule is [2H]c1c([2H])c([2H])c(-c2cccc(-c3c([2H])c([2H])c([2H])c([2H])c3[2H])c2-[n+]2[c-]n(-c3cccc(-n4c5ccccc5c5cc6c(cc54)n(-c4cc(C(C)(C)C)ccn4)c4nc5c(C)cccc5n64)c3)c3ccccc32)c([2H])c1[2H]. The van der Waals surface area contributed by atoms with Crippen LogP contribution in [0.2, 0.25) is 0 Å².